The Morgan fingerprint density at radius 2 is 1.92 bits per heavy atom. The summed E-state index contributed by atoms with van der Waals surface area (Å²) in [5, 5.41) is 12.8. The van der Waals surface area contributed by atoms with E-state index in [0.29, 0.717) is 0 Å². The number of ether oxygens (including phenoxy) is 2. The van der Waals surface area contributed by atoms with Gasteiger partial charge in [-0.1, -0.05) is 18.2 Å². The highest BCUT2D eigenvalue weighted by atomic mass is 31.2. The van der Waals surface area contributed by atoms with E-state index in [1.165, 1.54) is 19.1 Å². The minimum atomic E-state index is -4.51. The highest BCUT2D eigenvalue weighted by Gasteiger charge is 2.56. The molecule has 1 saturated heterocycles. The molecule has 6 atom stereocenters. The number of hydrogen-bond acceptors (Lipinski definition) is 9. The van der Waals surface area contributed by atoms with Gasteiger partial charge in [0.25, 0.3) is 5.56 Å². The second-order valence-corrected chi connectivity index (χ2v) is 10.3. The number of nitrogens with zero attached hydrogens (tertiary/aromatic N) is 1. The van der Waals surface area contributed by atoms with Gasteiger partial charge < -0.3 is 19.1 Å². The van der Waals surface area contributed by atoms with Crippen LogP contribution in [0.15, 0.2) is 52.2 Å². The lowest BCUT2D eigenvalue weighted by Gasteiger charge is -2.25. The molecule has 0 aliphatic carbocycles. The molecule has 1 aliphatic heterocycles. The number of alkyl halides is 3. The molecule has 1 aromatic carbocycles. The van der Waals surface area contributed by atoms with Gasteiger partial charge in [0.05, 0.1) is 6.61 Å². The number of rotatable bonds is 12. The van der Waals surface area contributed by atoms with Crippen LogP contribution in [0.2, 0.25) is 0 Å². The van der Waals surface area contributed by atoms with Crippen LogP contribution in [0.1, 0.15) is 20.1 Å². The van der Waals surface area contributed by atoms with Gasteiger partial charge in [0.1, 0.15) is 37.3 Å². The molecule has 0 spiro atoms. The Bertz CT molecular complexity index is 1260. The largest absolute Gasteiger partial charge is 0.459 e. The molecule has 0 bridgehead atoms. The maximum Gasteiger partial charge on any atom is 0.459 e. The molecular weight excluding hydrogens is 538 g/mol. The second-order valence-electron chi connectivity index (χ2n) is 8.56. The van der Waals surface area contributed by atoms with Crippen molar-refractivity contribution in [3.63, 3.8) is 0 Å². The number of aromatic nitrogens is 2. The minimum absolute atomic E-state index is 0.0372. The van der Waals surface area contributed by atoms with Crippen LogP contribution in [0.3, 0.4) is 0 Å². The lowest BCUT2D eigenvalue weighted by atomic mass is 9.98. The first kappa shape index (κ1) is 29.6. The number of aromatic amines is 1. The van der Waals surface area contributed by atoms with Crippen LogP contribution in [0.4, 0.5) is 13.2 Å². The Hall–Kier alpha value is -2.97. The van der Waals surface area contributed by atoms with Gasteiger partial charge >= 0.3 is 19.4 Å². The molecule has 1 fully saturated rings. The Labute approximate surface area is 214 Å². The van der Waals surface area contributed by atoms with Crippen molar-refractivity contribution in [3.8, 4) is 5.75 Å². The summed E-state index contributed by atoms with van der Waals surface area (Å²) in [6.07, 6.45) is -5.74. The first-order chi connectivity index (χ1) is 17.9. The predicted molar refractivity (Wildman–Crippen MR) is 126 cm³/mol. The van der Waals surface area contributed by atoms with Crippen LogP contribution >= 0.6 is 7.75 Å². The molecule has 210 valence electrons. The summed E-state index contributed by atoms with van der Waals surface area (Å²) in [6.45, 7) is -1.17. The number of carbonyl (C=O) groups excluding carboxylic acids is 1. The predicted octanol–water partition coefficient (Wildman–Crippen LogP) is 1.56. The van der Waals surface area contributed by atoms with Gasteiger partial charge in [-0.2, -0.15) is 5.09 Å². The number of aliphatic hydroxyl groups excluding tert-OH is 1. The molecule has 2 aromatic rings. The maximum atomic E-state index is 15.4. The lowest BCUT2D eigenvalue weighted by Crippen LogP contribution is -2.44. The van der Waals surface area contributed by atoms with Gasteiger partial charge in [-0.25, -0.2) is 22.5 Å². The van der Waals surface area contributed by atoms with Crippen molar-refractivity contribution >= 4 is 13.7 Å². The van der Waals surface area contributed by atoms with Crippen LogP contribution < -0.4 is 20.9 Å². The van der Waals surface area contributed by atoms with E-state index < -0.39 is 81.2 Å². The van der Waals surface area contributed by atoms with Crippen molar-refractivity contribution in [2.75, 3.05) is 20.0 Å². The summed E-state index contributed by atoms with van der Waals surface area (Å²) < 4.78 is 76.1. The maximum absolute atomic E-state index is 15.4. The normalized spacial score (nSPS) is 25.6. The number of H-pyrrole nitrogens is 1. The molecular formula is C22H27F3N3O9P. The zero-order valence-electron chi connectivity index (χ0n) is 20.3. The molecule has 38 heavy (non-hydrogen) atoms. The van der Waals surface area contributed by atoms with Gasteiger partial charge in [-0.15, -0.1) is 0 Å². The van der Waals surface area contributed by atoms with E-state index in [0.717, 1.165) is 23.8 Å². The van der Waals surface area contributed by atoms with E-state index in [2.05, 4.69) is 9.82 Å². The average molecular weight is 565 g/mol. The van der Waals surface area contributed by atoms with Crippen molar-refractivity contribution in [2.24, 2.45) is 0 Å². The fourth-order valence-electron chi connectivity index (χ4n) is 3.50. The molecule has 16 heteroatoms. The van der Waals surface area contributed by atoms with E-state index in [1.54, 1.807) is 18.2 Å². The third-order valence-corrected chi connectivity index (χ3v) is 7.17. The minimum Gasteiger partial charge on any atom is -0.456 e. The number of para-hydroxylation sites is 1. The Kier molecular flexibility index (Phi) is 9.54. The van der Waals surface area contributed by atoms with Crippen molar-refractivity contribution in [1.82, 2.24) is 14.6 Å². The van der Waals surface area contributed by atoms with Gasteiger partial charge in [-0.05, 0) is 26.0 Å². The van der Waals surface area contributed by atoms with Crippen LogP contribution in [0.25, 0.3) is 0 Å². The van der Waals surface area contributed by atoms with E-state index in [-0.39, 0.29) is 5.75 Å². The van der Waals surface area contributed by atoms with Gasteiger partial charge in [0, 0.05) is 12.3 Å². The van der Waals surface area contributed by atoms with E-state index in [4.69, 9.17) is 13.8 Å². The van der Waals surface area contributed by atoms with Crippen LogP contribution in [0.5, 0.6) is 5.75 Å². The highest BCUT2D eigenvalue weighted by Crippen LogP contribution is 2.47. The van der Waals surface area contributed by atoms with Gasteiger partial charge in [0.2, 0.25) is 0 Å². The third-order valence-electron chi connectivity index (χ3n) is 5.53. The van der Waals surface area contributed by atoms with Gasteiger partial charge in [0.15, 0.2) is 18.0 Å². The number of halogens is 3. The highest BCUT2D eigenvalue weighted by molar-refractivity contribution is 7.52. The number of nitrogens with one attached hydrogen (secondary N) is 2. The summed E-state index contributed by atoms with van der Waals surface area (Å²) in [5.41, 5.74) is -4.28. The van der Waals surface area contributed by atoms with Crippen molar-refractivity contribution in [3.05, 3.63) is 63.4 Å². The SMILES string of the molecule is C[C@H](NP(=O)(OC[C@H]1O[C@@H](n2ccc(=O)[nH]c2=O)[C@](C)(F)[C@@H]1O)Oc1ccccc1)C(=O)OC(CF)CF. The summed E-state index contributed by atoms with van der Waals surface area (Å²) in [6, 6.07) is 7.09. The first-order valence-electron chi connectivity index (χ1n) is 11.3. The quantitative estimate of drug-likeness (QED) is 0.255. The van der Waals surface area contributed by atoms with Gasteiger partial charge in [-0.3, -0.25) is 23.7 Å². The summed E-state index contributed by atoms with van der Waals surface area (Å²) >= 11 is 0. The summed E-state index contributed by atoms with van der Waals surface area (Å²) in [5.74, 6) is -1.12. The lowest BCUT2D eigenvalue weighted by molar-refractivity contribution is -0.152. The molecule has 1 aliphatic rings. The van der Waals surface area contributed by atoms with Crippen molar-refractivity contribution in [2.45, 2.75) is 50.1 Å². The molecule has 0 saturated carbocycles. The molecule has 1 unspecified atom stereocenters. The molecule has 1 aromatic heterocycles. The molecule has 0 radical (unpaired) electrons. The van der Waals surface area contributed by atoms with Crippen molar-refractivity contribution in [1.29, 1.82) is 0 Å². The van der Waals surface area contributed by atoms with E-state index in [1.807, 2.05) is 4.98 Å². The Balaban J connectivity index is 1.79. The second kappa shape index (κ2) is 12.3. The molecule has 12 nitrogen and oxygen atoms in total. The Morgan fingerprint density at radius 1 is 1.26 bits per heavy atom. The third kappa shape index (κ3) is 6.91. The first-order valence-corrected chi connectivity index (χ1v) is 12.9. The molecule has 3 rings (SSSR count). The fourth-order valence-corrected chi connectivity index (χ4v) is 5.01. The zero-order chi connectivity index (χ0) is 28.1. The number of aliphatic hydroxyl groups is 1. The molecule has 2 heterocycles. The average Bonchev–Trinajstić information content (AvgIpc) is 3.09. The zero-order valence-corrected chi connectivity index (χ0v) is 21.2. The smallest absolute Gasteiger partial charge is 0.456 e. The number of carbonyl (C=O) groups is 1. The molecule has 0 amide bonds. The fraction of sp³-hybridized carbons (Fsp3) is 0.500. The number of hydrogen-bond donors (Lipinski definition) is 3. The van der Waals surface area contributed by atoms with Crippen molar-refractivity contribution < 1.29 is 46.2 Å². The number of esters is 1. The molecule has 3 N–H and O–H groups in total. The monoisotopic (exact) mass is 565 g/mol. The van der Waals surface area contributed by atoms with Crippen LogP contribution in [0, 0.1) is 0 Å². The van der Waals surface area contributed by atoms with E-state index >= 15 is 4.39 Å². The Morgan fingerprint density at radius 3 is 2.53 bits per heavy atom. The standard InChI is InChI=1S/C22H27F3N3O9P/c1-13(19(31)35-15(10-23)11-24)27-38(33,37-14-6-4-3-5-7-14)34-12-16-18(30)22(2,25)20(36-16)28-9-8-17(29)26-21(28)32/h3-9,13,15-16,18,20,30H,10-12H2,1-2H3,(H,27,33)(H,26,29,32)/t13-,16+,18+,20+,22+,38?/m0/s1. The summed E-state index contributed by atoms with van der Waals surface area (Å²) in [4.78, 5) is 37.7. The summed E-state index contributed by atoms with van der Waals surface area (Å²) in [7, 11) is -4.51. The topological polar surface area (TPSA) is 158 Å². The van der Waals surface area contributed by atoms with Crippen LogP contribution in [-0.2, 0) is 23.4 Å². The van der Waals surface area contributed by atoms with Crippen LogP contribution in [-0.4, -0.2) is 70.6 Å². The van der Waals surface area contributed by atoms with E-state index in [9.17, 15) is 32.8 Å². The number of benzene rings is 1.